The van der Waals surface area contributed by atoms with Gasteiger partial charge in [-0.25, -0.2) is 0 Å². The summed E-state index contributed by atoms with van der Waals surface area (Å²) in [5.74, 6) is 1.67. The molecule has 4 aliphatic heterocycles. The molecule has 4 heterocycles. The fraction of sp³-hybridized carbons (Fsp3) is 0.700. The molecule has 0 bridgehead atoms. The average molecular weight is 344 g/mol. The maximum absolute atomic E-state index is 6.15. The normalized spacial score (nSPS) is 30.2. The molecule has 1 atom stereocenters. The van der Waals surface area contributed by atoms with E-state index in [2.05, 4.69) is 34.5 Å². The topological polar surface area (TPSA) is 43.0 Å². The first-order chi connectivity index (χ1) is 12.3. The van der Waals surface area contributed by atoms with E-state index in [4.69, 9.17) is 14.2 Å². The predicted molar refractivity (Wildman–Crippen MR) is 95.2 cm³/mol. The van der Waals surface area contributed by atoms with E-state index in [-0.39, 0.29) is 11.7 Å². The Balaban J connectivity index is 1.20. The van der Waals surface area contributed by atoms with Crippen LogP contribution in [-0.2, 0) is 9.47 Å². The fourth-order valence-electron chi connectivity index (χ4n) is 4.67. The number of hydrogen-bond donors (Lipinski definition) is 1. The minimum atomic E-state index is 0.160. The molecule has 0 saturated carbocycles. The van der Waals surface area contributed by atoms with Gasteiger partial charge in [-0.05, 0) is 49.9 Å². The summed E-state index contributed by atoms with van der Waals surface area (Å²) in [6.45, 7) is 6.78. The molecule has 5 nitrogen and oxygen atoms in total. The van der Waals surface area contributed by atoms with Gasteiger partial charge in [0.2, 0.25) is 0 Å². The van der Waals surface area contributed by atoms with Gasteiger partial charge in [0.05, 0.1) is 25.4 Å². The van der Waals surface area contributed by atoms with E-state index in [1.54, 1.807) is 0 Å². The molecule has 1 aromatic rings. The highest BCUT2D eigenvalue weighted by atomic mass is 16.6. The fourth-order valence-corrected chi connectivity index (χ4v) is 4.67. The van der Waals surface area contributed by atoms with E-state index in [9.17, 15) is 0 Å². The first kappa shape index (κ1) is 16.1. The Kier molecular flexibility index (Phi) is 4.20. The predicted octanol–water partition coefficient (Wildman–Crippen LogP) is 1.77. The molecule has 1 N–H and O–H groups in total. The number of nitrogens with zero attached hydrogens (tertiary/aromatic N) is 1. The Labute approximate surface area is 149 Å². The van der Waals surface area contributed by atoms with Crippen LogP contribution in [0.1, 0.15) is 30.7 Å². The van der Waals surface area contributed by atoms with Crippen LogP contribution in [0.4, 0.5) is 0 Å². The second-order valence-electron chi connectivity index (χ2n) is 8.08. The molecule has 0 aromatic heterocycles. The summed E-state index contributed by atoms with van der Waals surface area (Å²) in [6, 6.07) is 9.21. The number of likely N-dealkylation sites (tertiary alicyclic amines) is 1. The van der Waals surface area contributed by atoms with Crippen LogP contribution in [0.25, 0.3) is 0 Å². The molecule has 1 spiro atoms. The molecule has 1 unspecified atom stereocenters. The van der Waals surface area contributed by atoms with Gasteiger partial charge in [-0.1, -0.05) is 18.2 Å². The van der Waals surface area contributed by atoms with Gasteiger partial charge in [0.1, 0.15) is 11.9 Å². The van der Waals surface area contributed by atoms with Crippen molar-refractivity contribution in [2.75, 3.05) is 46.0 Å². The van der Waals surface area contributed by atoms with E-state index in [1.807, 2.05) is 0 Å². The highest BCUT2D eigenvalue weighted by molar-refractivity contribution is 5.37. The van der Waals surface area contributed by atoms with E-state index < -0.39 is 0 Å². The van der Waals surface area contributed by atoms with Crippen LogP contribution in [0.2, 0.25) is 0 Å². The van der Waals surface area contributed by atoms with Crippen molar-refractivity contribution in [1.29, 1.82) is 0 Å². The monoisotopic (exact) mass is 344 g/mol. The van der Waals surface area contributed by atoms with Gasteiger partial charge in [0, 0.05) is 19.1 Å². The summed E-state index contributed by atoms with van der Waals surface area (Å²) in [6.07, 6.45) is 3.86. The van der Waals surface area contributed by atoms with Crippen molar-refractivity contribution in [3.63, 3.8) is 0 Å². The molecular formula is C20H28N2O3. The third-order valence-electron chi connectivity index (χ3n) is 6.39. The summed E-state index contributed by atoms with van der Waals surface area (Å²) >= 11 is 0. The lowest BCUT2D eigenvalue weighted by atomic mass is 9.86. The zero-order valence-corrected chi connectivity index (χ0v) is 14.8. The van der Waals surface area contributed by atoms with E-state index in [0.29, 0.717) is 12.0 Å². The van der Waals surface area contributed by atoms with Crippen molar-refractivity contribution >= 4 is 0 Å². The van der Waals surface area contributed by atoms with Crippen molar-refractivity contribution < 1.29 is 14.2 Å². The molecule has 0 amide bonds. The zero-order chi connectivity index (χ0) is 16.7. The van der Waals surface area contributed by atoms with Gasteiger partial charge in [-0.3, -0.25) is 4.90 Å². The summed E-state index contributed by atoms with van der Waals surface area (Å²) in [5.41, 5.74) is 1.55. The van der Waals surface area contributed by atoms with Crippen LogP contribution in [0, 0.1) is 0 Å². The van der Waals surface area contributed by atoms with Crippen molar-refractivity contribution in [3.05, 3.63) is 29.8 Å². The van der Waals surface area contributed by atoms with Crippen molar-refractivity contribution in [2.45, 2.75) is 42.9 Å². The van der Waals surface area contributed by atoms with Crippen molar-refractivity contribution in [3.8, 4) is 5.75 Å². The highest BCUT2D eigenvalue weighted by Gasteiger charge is 2.47. The van der Waals surface area contributed by atoms with E-state index in [1.165, 1.54) is 37.9 Å². The largest absolute Gasteiger partial charge is 0.485 e. The Morgan fingerprint density at radius 1 is 1.08 bits per heavy atom. The van der Waals surface area contributed by atoms with Gasteiger partial charge in [-0.2, -0.15) is 0 Å². The smallest absolute Gasteiger partial charge is 0.145 e. The molecule has 136 valence electrons. The maximum Gasteiger partial charge on any atom is 0.145 e. The van der Waals surface area contributed by atoms with Gasteiger partial charge >= 0.3 is 0 Å². The Morgan fingerprint density at radius 2 is 1.88 bits per heavy atom. The van der Waals surface area contributed by atoms with Crippen LogP contribution in [0.15, 0.2) is 24.3 Å². The molecule has 4 aliphatic rings. The molecule has 25 heavy (non-hydrogen) atoms. The first-order valence-electron chi connectivity index (χ1n) is 9.73. The average Bonchev–Trinajstić information content (AvgIpc) is 3.05. The number of ether oxygens (including phenoxy) is 3. The quantitative estimate of drug-likeness (QED) is 0.902. The Morgan fingerprint density at radius 3 is 2.52 bits per heavy atom. The Hall–Kier alpha value is -1.14. The van der Waals surface area contributed by atoms with Crippen LogP contribution >= 0.6 is 0 Å². The minimum absolute atomic E-state index is 0.160. The molecule has 0 aliphatic carbocycles. The molecule has 0 radical (unpaired) electrons. The molecule has 4 fully saturated rings. The number of rotatable bonds is 4. The van der Waals surface area contributed by atoms with Crippen molar-refractivity contribution in [2.24, 2.45) is 0 Å². The van der Waals surface area contributed by atoms with Gasteiger partial charge in [-0.15, -0.1) is 0 Å². The molecule has 4 saturated heterocycles. The summed E-state index contributed by atoms with van der Waals surface area (Å²) in [7, 11) is 0. The Bertz CT molecular complexity index is 607. The number of hydrogen-bond acceptors (Lipinski definition) is 5. The van der Waals surface area contributed by atoms with Gasteiger partial charge in [0.15, 0.2) is 0 Å². The summed E-state index contributed by atoms with van der Waals surface area (Å²) < 4.78 is 17.5. The second kappa shape index (κ2) is 6.54. The molecule has 5 rings (SSSR count). The third kappa shape index (κ3) is 3.08. The molecular weight excluding hydrogens is 316 g/mol. The standard InChI is InChI=1S/C20H28N2O3/c1-2-4-19(25-17-11-23-12-17)18(3-1)15-5-7-22(8-6-15)16-9-20(24-10-16)13-21-14-20/h1-4,15-17,21H,5-14H2. The lowest BCUT2D eigenvalue weighted by molar-refractivity contribution is -0.0801. The summed E-state index contributed by atoms with van der Waals surface area (Å²) in [4.78, 5) is 2.66. The number of para-hydroxylation sites is 1. The van der Waals surface area contributed by atoms with Crippen LogP contribution in [-0.4, -0.2) is 68.6 Å². The van der Waals surface area contributed by atoms with Crippen LogP contribution < -0.4 is 10.1 Å². The van der Waals surface area contributed by atoms with E-state index in [0.717, 1.165) is 38.7 Å². The first-order valence-corrected chi connectivity index (χ1v) is 9.73. The zero-order valence-electron chi connectivity index (χ0n) is 14.8. The minimum Gasteiger partial charge on any atom is -0.485 e. The highest BCUT2D eigenvalue weighted by Crippen LogP contribution is 2.38. The third-order valence-corrected chi connectivity index (χ3v) is 6.39. The lowest BCUT2D eigenvalue weighted by Gasteiger charge is -2.40. The van der Waals surface area contributed by atoms with Gasteiger partial charge < -0.3 is 19.5 Å². The summed E-state index contributed by atoms with van der Waals surface area (Å²) in [5, 5.41) is 3.36. The van der Waals surface area contributed by atoms with Gasteiger partial charge in [0.25, 0.3) is 0 Å². The van der Waals surface area contributed by atoms with Crippen LogP contribution in [0.5, 0.6) is 5.75 Å². The SMILES string of the molecule is c1ccc(C2CCN(C3COC4(CNC4)C3)CC2)c(OC2COC2)c1. The number of piperidine rings is 1. The number of nitrogens with one attached hydrogen (secondary N) is 1. The lowest BCUT2D eigenvalue weighted by Crippen LogP contribution is -2.59. The van der Waals surface area contributed by atoms with E-state index >= 15 is 0 Å². The molecule has 5 heteroatoms. The second-order valence-corrected chi connectivity index (χ2v) is 8.08. The van der Waals surface area contributed by atoms with Crippen LogP contribution in [0.3, 0.4) is 0 Å². The molecule has 1 aromatic carbocycles. The maximum atomic E-state index is 6.15. The number of benzene rings is 1. The van der Waals surface area contributed by atoms with Crippen molar-refractivity contribution in [1.82, 2.24) is 10.2 Å².